The molecule has 1 saturated carbocycles. The molecule has 1 aliphatic carbocycles. The quantitative estimate of drug-likeness (QED) is 0.284. The van der Waals surface area contributed by atoms with Crippen LogP contribution >= 0.6 is 24.0 Å². The molecule has 0 aliphatic heterocycles. The molecule has 28 heavy (non-hydrogen) atoms. The molecule has 0 bridgehead atoms. The number of benzene rings is 1. The fraction of sp³-hybridized carbons (Fsp3) is 0.619. The molecule has 0 saturated heterocycles. The van der Waals surface area contributed by atoms with E-state index in [1.807, 2.05) is 18.2 Å². The molecule has 158 valence electrons. The number of carbonyl (C=O) groups is 1. The summed E-state index contributed by atoms with van der Waals surface area (Å²) in [5.41, 5.74) is 2.14. The van der Waals surface area contributed by atoms with Crippen molar-refractivity contribution in [2.75, 3.05) is 26.0 Å². The van der Waals surface area contributed by atoms with Crippen molar-refractivity contribution in [3.63, 3.8) is 0 Å². The van der Waals surface area contributed by atoms with Crippen molar-refractivity contribution in [1.82, 2.24) is 10.6 Å². The van der Waals surface area contributed by atoms with Gasteiger partial charge >= 0.3 is 0 Å². The minimum absolute atomic E-state index is 0. The van der Waals surface area contributed by atoms with Crippen LogP contribution in [0.5, 0.6) is 5.75 Å². The molecule has 0 aromatic heterocycles. The number of rotatable bonds is 8. The fourth-order valence-corrected chi connectivity index (χ4v) is 3.83. The average Bonchev–Trinajstić information content (AvgIpc) is 2.58. The third-order valence-electron chi connectivity index (χ3n) is 5.14. The normalized spacial score (nSPS) is 15.3. The Hall–Kier alpha value is -1.51. The summed E-state index contributed by atoms with van der Waals surface area (Å²) < 4.78 is 5.30. The van der Waals surface area contributed by atoms with E-state index in [-0.39, 0.29) is 29.9 Å². The molecule has 0 atom stereocenters. The van der Waals surface area contributed by atoms with Crippen LogP contribution in [0, 0.1) is 11.3 Å². The van der Waals surface area contributed by atoms with E-state index in [2.05, 4.69) is 34.8 Å². The lowest BCUT2D eigenvalue weighted by Crippen LogP contribution is -2.46. The van der Waals surface area contributed by atoms with Crippen molar-refractivity contribution in [3.8, 4) is 5.75 Å². The van der Waals surface area contributed by atoms with Crippen LogP contribution in [-0.2, 0) is 11.3 Å². The average molecular weight is 502 g/mol. The van der Waals surface area contributed by atoms with Crippen LogP contribution in [0.4, 0.5) is 5.69 Å². The third-order valence-corrected chi connectivity index (χ3v) is 5.14. The zero-order chi connectivity index (χ0) is 19.9. The molecule has 1 aromatic rings. The molecule has 1 aliphatic rings. The first-order chi connectivity index (χ1) is 12.9. The van der Waals surface area contributed by atoms with Gasteiger partial charge in [-0.2, -0.15) is 0 Å². The molecule has 0 unspecified atom stereocenters. The van der Waals surface area contributed by atoms with Crippen molar-refractivity contribution < 1.29 is 9.53 Å². The first-order valence-electron chi connectivity index (χ1n) is 9.76. The standard InChI is InChI=1S/C21H34N4O2.HI/c1-15(2)12-21(9-6-10-21)14-24-20(22-4)23-13-17-7-8-19(27-5)18(11-17)25-16(3)26;/h7-8,11,15H,6,9-10,12-14H2,1-5H3,(H,25,26)(H2,22,23,24);1H. The molecule has 2 rings (SSSR count). The van der Waals surface area contributed by atoms with Crippen LogP contribution < -0.4 is 20.7 Å². The number of carbonyl (C=O) groups excluding carboxylic acids is 1. The summed E-state index contributed by atoms with van der Waals surface area (Å²) in [6.45, 7) is 7.66. The van der Waals surface area contributed by atoms with Gasteiger partial charge in [0.25, 0.3) is 0 Å². The number of ether oxygens (including phenoxy) is 1. The second kappa shape index (κ2) is 11.5. The first kappa shape index (κ1) is 24.5. The number of guanidine groups is 1. The lowest BCUT2D eigenvalue weighted by atomic mass is 9.64. The predicted octanol–water partition coefficient (Wildman–Crippen LogP) is 4.15. The molecule has 3 N–H and O–H groups in total. The summed E-state index contributed by atoms with van der Waals surface area (Å²) >= 11 is 0. The zero-order valence-corrected chi connectivity index (χ0v) is 20.1. The van der Waals surface area contributed by atoms with Crippen LogP contribution in [0.2, 0.25) is 0 Å². The van der Waals surface area contributed by atoms with E-state index in [4.69, 9.17) is 4.74 Å². The number of hydrogen-bond donors (Lipinski definition) is 3. The van der Waals surface area contributed by atoms with E-state index in [1.54, 1.807) is 14.2 Å². The summed E-state index contributed by atoms with van der Waals surface area (Å²) in [7, 11) is 3.39. The number of methoxy groups -OCH3 is 1. The van der Waals surface area contributed by atoms with Gasteiger partial charge in [0.1, 0.15) is 5.75 Å². The van der Waals surface area contributed by atoms with Gasteiger partial charge in [-0.1, -0.05) is 26.3 Å². The fourth-order valence-electron chi connectivity index (χ4n) is 3.83. The van der Waals surface area contributed by atoms with E-state index in [0.29, 0.717) is 29.3 Å². The van der Waals surface area contributed by atoms with Crippen LogP contribution in [0.15, 0.2) is 23.2 Å². The molecule has 1 fully saturated rings. The Bertz CT molecular complexity index is 672. The highest BCUT2D eigenvalue weighted by molar-refractivity contribution is 14.0. The number of nitrogens with one attached hydrogen (secondary N) is 3. The molecule has 7 heteroatoms. The number of aliphatic imine (C=N–C) groups is 1. The highest BCUT2D eigenvalue weighted by Gasteiger charge is 2.37. The second-order valence-electron chi connectivity index (χ2n) is 7.95. The van der Waals surface area contributed by atoms with Crippen molar-refractivity contribution >= 4 is 41.5 Å². The lowest BCUT2D eigenvalue weighted by molar-refractivity contribution is -0.114. The number of hydrogen-bond acceptors (Lipinski definition) is 3. The van der Waals surface area contributed by atoms with Crippen molar-refractivity contribution in [2.24, 2.45) is 16.3 Å². The van der Waals surface area contributed by atoms with Crippen LogP contribution in [-0.4, -0.2) is 32.6 Å². The number of anilines is 1. The molecule has 1 amide bonds. The monoisotopic (exact) mass is 502 g/mol. The van der Waals surface area contributed by atoms with Gasteiger partial charge in [0.15, 0.2) is 5.96 Å². The van der Waals surface area contributed by atoms with Gasteiger partial charge in [-0.25, -0.2) is 0 Å². The van der Waals surface area contributed by atoms with Gasteiger partial charge in [0.05, 0.1) is 12.8 Å². The minimum atomic E-state index is -0.119. The molecular weight excluding hydrogens is 467 g/mol. The molecule has 6 nitrogen and oxygen atoms in total. The van der Waals surface area contributed by atoms with Gasteiger partial charge in [-0.15, -0.1) is 24.0 Å². The van der Waals surface area contributed by atoms with Crippen molar-refractivity contribution in [3.05, 3.63) is 23.8 Å². The first-order valence-corrected chi connectivity index (χ1v) is 9.76. The van der Waals surface area contributed by atoms with Gasteiger partial charge in [-0.3, -0.25) is 9.79 Å². The Kier molecular flexibility index (Phi) is 10.1. The Labute approximate surface area is 186 Å². The number of halogens is 1. The summed E-state index contributed by atoms with van der Waals surface area (Å²) in [6.07, 6.45) is 5.19. The number of nitrogens with zero attached hydrogens (tertiary/aromatic N) is 1. The molecule has 0 spiro atoms. The highest BCUT2D eigenvalue weighted by Crippen LogP contribution is 2.45. The maximum Gasteiger partial charge on any atom is 0.221 e. The van der Waals surface area contributed by atoms with E-state index in [0.717, 1.165) is 18.1 Å². The second-order valence-corrected chi connectivity index (χ2v) is 7.95. The van der Waals surface area contributed by atoms with Gasteiger partial charge in [-0.05, 0) is 48.3 Å². The molecule has 1 aromatic carbocycles. The third kappa shape index (κ3) is 7.14. The van der Waals surface area contributed by atoms with E-state index >= 15 is 0 Å². The van der Waals surface area contributed by atoms with Crippen LogP contribution in [0.25, 0.3) is 0 Å². The SMILES string of the molecule is CN=C(NCc1ccc(OC)c(NC(C)=O)c1)NCC1(CC(C)C)CCC1.I. The van der Waals surface area contributed by atoms with E-state index < -0.39 is 0 Å². The van der Waals surface area contributed by atoms with E-state index in [9.17, 15) is 4.79 Å². The smallest absolute Gasteiger partial charge is 0.221 e. The summed E-state index contributed by atoms with van der Waals surface area (Å²) in [6, 6.07) is 5.77. The lowest BCUT2D eigenvalue weighted by Gasteiger charge is -2.43. The molecule has 0 heterocycles. The summed E-state index contributed by atoms with van der Waals surface area (Å²) in [4.78, 5) is 15.7. The zero-order valence-electron chi connectivity index (χ0n) is 17.7. The maximum absolute atomic E-state index is 11.4. The Balaban J connectivity index is 0.00000392. The van der Waals surface area contributed by atoms with Gasteiger partial charge in [0, 0.05) is 27.1 Å². The van der Waals surface area contributed by atoms with Crippen molar-refractivity contribution in [2.45, 2.75) is 53.0 Å². The minimum Gasteiger partial charge on any atom is -0.495 e. The summed E-state index contributed by atoms with van der Waals surface area (Å²) in [5.74, 6) is 2.05. The van der Waals surface area contributed by atoms with Crippen LogP contribution in [0.1, 0.15) is 52.0 Å². The molecule has 0 radical (unpaired) electrons. The summed E-state index contributed by atoms with van der Waals surface area (Å²) in [5, 5.41) is 9.67. The van der Waals surface area contributed by atoms with E-state index in [1.165, 1.54) is 32.6 Å². The van der Waals surface area contributed by atoms with Crippen molar-refractivity contribution in [1.29, 1.82) is 0 Å². The predicted molar refractivity (Wildman–Crippen MR) is 127 cm³/mol. The van der Waals surface area contributed by atoms with Crippen LogP contribution in [0.3, 0.4) is 0 Å². The van der Waals surface area contributed by atoms with Gasteiger partial charge < -0.3 is 20.7 Å². The Morgan fingerprint density at radius 1 is 1.29 bits per heavy atom. The highest BCUT2D eigenvalue weighted by atomic mass is 127. The van der Waals surface area contributed by atoms with Gasteiger partial charge in [0.2, 0.25) is 5.91 Å². The topological polar surface area (TPSA) is 74.8 Å². The maximum atomic E-state index is 11.4. The largest absolute Gasteiger partial charge is 0.495 e. The number of amides is 1. The Morgan fingerprint density at radius 2 is 2.00 bits per heavy atom. The Morgan fingerprint density at radius 3 is 2.50 bits per heavy atom. The molecular formula is C21H35IN4O2.